The molecule has 1 atom stereocenters. The standard InChI is InChI=1S/C12H18/c1-3-11(4-2)9-10-12-7-5-6-8-12/h1,4,11-12H,2,5-10H2. The first-order valence-electron chi connectivity index (χ1n) is 4.95. The summed E-state index contributed by atoms with van der Waals surface area (Å²) in [6.45, 7) is 3.73. The predicted octanol–water partition coefficient (Wildman–Crippen LogP) is 3.39. The third-order valence-electron chi connectivity index (χ3n) is 2.86. The molecule has 1 fully saturated rings. The molecule has 0 bridgehead atoms. The van der Waals surface area contributed by atoms with Crippen molar-refractivity contribution in [3.05, 3.63) is 12.7 Å². The van der Waals surface area contributed by atoms with Gasteiger partial charge >= 0.3 is 0 Å². The molecule has 1 aliphatic rings. The van der Waals surface area contributed by atoms with Gasteiger partial charge in [-0.3, -0.25) is 0 Å². The van der Waals surface area contributed by atoms with Gasteiger partial charge in [0, 0.05) is 5.92 Å². The molecule has 0 aliphatic heterocycles. The average molecular weight is 162 g/mol. The van der Waals surface area contributed by atoms with E-state index in [0.717, 1.165) is 12.3 Å². The highest BCUT2D eigenvalue weighted by Crippen LogP contribution is 2.29. The summed E-state index contributed by atoms with van der Waals surface area (Å²) < 4.78 is 0. The summed E-state index contributed by atoms with van der Waals surface area (Å²) >= 11 is 0. The minimum Gasteiger partial charge on any atom is -0.119 e. The van der Waals surface area contributed by atoms with Crippen molar-refractivity contribution in [3.63, 3.8) is 0 Å². The van der Waals surface area contributed by atoms with E-state index >= 15 is 0 Å². The van der Waals surface area contributed by atoms with Gasteiger partial charge in [-0.15, -0.1) is 13.0 Å². The van der Waals surface area contributed by atoms with E-state index in [4.69, 9.17) is 6.42 Å². The highest BCUT2D eigenvalue weighted by molar-refractivity contribution is 5.02. The van der Waals surface area contributed by atoms with Gasteiger partial charge in [-0.05, 0) is 18.8 Å². The second kappa shape index (κ2) is 5.04. The van der Waals surface area contributed by atoms with Gasteiger partial charge < -0.3 is 0 Å². The zero-order valence-electron chi connectivity index (χ0n) is 7.76. The zero-order chi connectivity index (χ0) is 8.81. The van der Waals surface area contributed by atoms with Crippen LogP contribution in [0.15, 0.2) is 12.7 Å². The van der Waals surface area contributed by atoms with Gasteiger partial charge in [0.2, 0.25) is 0 Å². The topological polar surface area (TPSA) is 0 Å². The second-order valence-corrected chi connectivity index (χ2v) is 3.74. The van der Waals surface area contributed by atoms with Gasteiger partial charge in [0.15, 0.2) is 0 Å². The summed E-state index contributed by atoms with van der Waals surface area (Å²) in [6.07, 6.45) is 15.4. The average Bonchev–Trinajstić information content (AvgIpc) is 2.59. The van der Waals surface area contributed by atoms with Crippen molar-refractivity contribution in [3.8, 4) is 12.3 Å². The third-order valence-corrected chi connectivity index (χ3v) is 2.86. The second-order valence-electron chi connectivity index (χ2n) is 3.74. The largest absolute Gasteiger partial charge is 0.119 e. The SMILES string of the molecule is C#CC(C=C)CCC1CCCC1. The molecule has 0 nitrogen and oxygen atoms in total. The summed E-state index contributed by atoms with van der Waals surface area (Å²) in [5.41, 5.74) is 0. The normalized spacial score (nSPS) is 20.2. The monoisotopic (exact) mass is 162 g/mol. The number of rotatable bonds is 4. The Bertz CT molecular complexity index is 167. The van der Waals surface area contributed by atoms with Crippen molar-refractivity contribution in [2.45, 2.75) is 38.5 Å². The highest BCUT2D eigenvalue weighted by Gasteiger charge is 2.15. The lowest BCUT2D eigenvalue weighted by Gasteiger charge is -2.10. The van der Waals surface area contributed by atoms with Gasteiger partial charge in [0.1, 0.15) is 0 Å². The molecule has 0 aromatic carbocycles. The first-order valence-corrected chi connectivity index (χ1v) is 4.95. The Balaban J connectivity index is 2.15. The maximum atomic E-state index is 5.35. The van der Waals surface area contributed by atoms with Gasteiger partial charge in [0.05, 0.1) is 0 Å². The molecule has 1 unspecified atom stereocenters. The molecular formula is C12H18. The fourth-order valence-electron chi connectivity index (χ4n) is 1.98. The van der Waals surface area contributed by atoms with Crippen molar-refractivity contribution in [2.24, 2.45) is 11.8 Å². The minimum absolute atomic E-state index is 0.311. The molecule has 0 aromatic rings. The Morgan fingerprint density at radius 3 is 2.67 bits per heavy atom. The molecule has 0 aromatic heterocycles. The van der Waals surface area contributed by atoms with E-state index in [2.05, 4.69) is 12.5 Å². The Kier molecular flexibility index (Phi) is 3.94. The summed E-state index contributed by atoms with van der Waals surface area (Å²) in [6, 6.07) is 0. The van der Waals surface area contributed by atoms with E-state index < -0.39 is 0 Å². The van der Waals surface area contributed by atoms with Crippen LogP contribution in [0.3, 0.4) is 0 Å². The van der Waals surface area contributed by atoms with Crippen LogP contribution in [0, 0.1) is 24.2 Å². The summed E-state index contributed by atoms with van der Waals surface area (Å²) in [5.74, 6) is 4.03. The predicted molar refractivity (Wildman–Crippen MR) is 53.7 cm³/mol. The van der Waals surface area contributed by atoms with Crippen LogP contribution in [0.4, 0.5) is 0 Å². The van der Waals surface area contributed by atoms with Gasteiger partial charge in [-0.25, -0.2) is 0 Å². The zero-order valence-corrected chi connectivity index (χ0v) is 7.76. The van der Waals surface area contributed by atoms with Crippen molar-refractivity contribution in [1.82, 2.24) is 0 Å². The van der Waals surface area contributed by atoms with E-state index in [9.17, 15) is 0 Å². The van der Waals surface area contributed by atoms with Crippen molar-refractivity contribution in [2.75, 3.05) is 0 Å². The van der Waals surface area contributed by atoms with Crippen LogP contribution in [0.1, 0.15) is 38.5 Å². The first-order chi connectivity index (χ1) is 5.86. The number of hydrogen-bond donors (Lipinski definition) is 0. The summed E-state index contributed by atoms with van der Waals surface area (Å²) in [7, 11) is 0. The summed E-state index contributed by atoms with van der Waals surface area (Å²) in [5, 5.41) is 0. The number of terminal acetylenes is 1. The van der Waals surface area contributed by atoms with Crippen molar-refractivity contribution in [1.29, 1.82) is 0 Å². The van der Waals surface area contributed by atoms with Crippen LogP contribution < -0.4 is 0 Å². The third kappa shape index (κ3) is 2.74. The highest BCUT2D eigenvalue weighted by atomic mass is 14.2. The Labute approximate surface area is 76.1 Å². The number of allylic oxidation sites excluding steroid dienone is 1. The van der Waals surface area contributed by atoms with Crippen LogP contribution >= 0.6 is 0 Å². The molecule has 1 saturated carbocycles. The molecule has 0 saturated heterocycles. The van der Waals surface area contributed by atoms with E-state index in [1.807, 2.05) is 6.08 Å². The van der Waals surface area contributed by atoms with Crippen molar-refractivity contribution >= 4 is 0 Å². The Hall–Kier alpha value is -0.700. The molecule has 1 aliphatic carbocycles. The lowest BCUT2D eigenvalue weighted by Crippen LogP contribution is -1.98. The van der Waals surface area contributed by atoms with Gasteiger partial charge in [-0.1, -0.05) is 37.7 Å². The molecule has 0 heterocycles. The first kappa shape index (κ1) is 9.39. The Morgan fingerprint density at radius 2 is 2.17 bits per heavy atom. The van der Waals surface area contributed by atoms with E-state index in [1.54, 1.807) is 0 Å². The van der Waals surface area contributed by atoms with Crippen LogP contribution in [0.5, 0.6) is 0 Å². The van der Waals surface area contributed by atoms with E-state index in [-0.39, 0.29) is 0 Å². The lowest BCUT2D eigenvalue weighted by molar-refractivity contribution is 0.467. The molecule has 0 N–H and O–H groups in total. The van der Waals surface area contributed by atoms with Crippen molar-refractivity contribution < 1.29 is 0 Å². The van der Waals surface area contributed by atoms with Gasteiger partial charge in [0.25, 0.3) is 0 Å². The summed E-state index contributed by atoms with van der Waals surface area (Å²) in [4.78, 5) is 0. The molecule has 0 spiro atoms. The molecular weight excluding hydrogens is 144 g/mol. The quantitative estimate of drug-likeness (QED) is 0.439. The molecule has 66 valence electrons. The van der Waals surface area contributed by atoms with Crippen LogP contribution in [-0.4, -0.2) is 0 Å². The fourth-order valence-corrected chi connectivity index (χ4v) is 1.98. The number of hydrogen-bond acceptors (Lipinski definition) is 0. The van der Waals surface area contributed by atoms with Crippen LogP contribution in [-0.2, 0) is 0 Å². The molecule has 0 amide bonds. The smallest absolute Gasteiger partial charge is 0.0377 e. The lowest BCUT2D eigenvalue weighted by atomic mass is 9.95. The van der Waals surface area contributed by atoms with Crippen LogP contribution in [0.2, 0.25) is 0 Å². The van der Waals surface area contributed by atoms with Crippen LogP contribution in [0.25, 0.3) is 0 Å². The molecule has 0 radical (unpaired) electrons. The molecule has 0 heteroatoms. The fraction of sp³-hybridized carbons (Fsp3) is 0.667. The molecule has 1 rings (SSSR count). The maximum Gasteiger partial charge on any atom is 0.0377 e. The Morgan fingerprint density at radius 1 is 1.50 bits per heavy atom. The van der Waals surface area contributed by atoms with E-state index in [1.165, 1.54) is 32.1 Å². The molecule has 12 heavy (non-hydrogen) atoms. The maximum absolute atomic E-state index is 5.35. The van der Waals surface area contributed by atoms with Gasteiger partial charge in [-0.2, -0.15) is 0 Å². The minimum atomic E-state index is 0.311. The van der Waals surface area contributed by atoms with E-state index in [0.29, 0.717) is 5.92 Å².